The van der Waals surface area contributed by atoms with Gasteiger partial charge in [0, 0.05) is 13.0 Å². The second-order valence-electron chi connectivity index (χ2n) is 2.25. The van der Waals surface area contributed by atoms with E-state index in [1.165, 1.54) is 0 Å². The first-order valence-corrected chi connectivity index (χ1v) is 2.91. The van der Waals surface area contributed by atoms with E-state index in [0.29, 0.717) is 13.0 Å². The molecule has 0 bridgehead atoms. The van der Waals surface area contributed by atoms with Crippen molar-refractivity contribution in [3.8, 4) is 0 Å². The predicted octanol–water partition coefficient (Wildman–Crippen LogP) is -0.378. The highest BCUT2D eigenvalue weighted by Crippen LogP contribution is 2.08. The fourth-order valence-electron chi connectivity index (χ4n) is 0.929. The number of alkyl halides is 1. The highest BCUT2D eigenvalue weighted by molar-refractivity contribution is 5.83. The molecule has 0 aromatic heterocycles. The van der Waals surface area contributed by atoms with Gasteiger partial charge in [0.1, 0.15) is 12.0 Å². The van der Waals surface area contributed by atoms with Crippen LogP contribution >= 0.6 is 0 Å². The number of hydrogen-bond acceptors (Lipinski definition) is 2. The molecule has 1 heterocycles. The first-order chi connectivity index (χ1) is 4.20. The van der Waals surface area contributed by atoms with Crippen molar-refractivity contribution in [1.29, 1.82) is 5.41 Å². The lowest BCUT2D eigenvalue weighted by Gasteiger charge is -2.04. The molecule has 0 amide bonds. The van der Waals surface area contributed by atoms with Crippen molar-refractivity contribution in [3.05, 3.63) is 0 Å². The van der Waals surface area contributed by atoms with E-state index in [1.807, 2.05) is 0 Å². The quantitative estimate of drug-likeness (QED) is 0.335. The van der Waals surface area contributed by atoms with Gasteiger partial charge in [0.15, 0.2) is 0 Å². The van der Waals surface area contributed by atoms with Crippen LogP contribution in [0.25, 0.3) is 0 Å². The summed E-state index contributed by atoms with van der Waals surface area (Å²) in [6.45, 7) is 0.338. The minimum atomic E-state index is -0.820. The minimum absolute atomic E-state index is 0.0372. The van der Waals surface area contributed by atoms with Gasteiger partial charge in [-0.15, -0.1) is 0 Å². The van der Waals surface area contributed by atoms with E-state index >= 15 is 0 Å². The summed E-state index contributed by atoms with van der Waals surface area (Å²) in [4.78, 5) is 0. The SMILES string of the molecule is N=C(N)C1CC(F)CN1. The molecule has 1 saturated heterocycles. The maximum Gasteiger partial charge on any atom is 0.114 e. The third-order valence-electron chi connectivity index (χ3n) is 1.45. The maximum atomic E-state index is 12.3. The van der Waals surface area contributed by atoms with Crippen molar-refractivity contribution in [2.45, 2.75) is 18.6 Å². The molecular weight excluding hydrogens is 121 g/mol. The Morgan fingerprint density at radius 3 is 2.67 bits per heavy atom. The van der Waals surface area contributed by atoms with Crippen molar-refractivity contribution >= 4 is 5.84 Å². The molecule has 2 atom stereocenters. The first-order valence-electron chi connectivity index (χ1n) is 2.91. The van der Waals surface area contributed by atoms with Crippen LogP contribution in [0.4, 0.5) is 4.39 Å². The Morgan fingerprint density at radius 2 is 2.44 bits per heavy atom. The Bertz CT molecular complexity index is 125. The smallest absolute Gasteiger partial charge is 0.114 e. The lowest BCUT2D eigenvalue weighted by molar-refractivity contribution is 0.359. The molecule has 4 N–H and O–H groups in total. The molecule has 9 heavy (non-hydrogen) atoms. The van der Waals surface area contributed by atoms with Crippen molar-refractivity contribution in [2.75, 3.05) is 6.54 Å². The molecular formula is C5H10FN3. The van der Waals surface area contributed by atoms with Gasteiger partial charge in [0.05, 0.1) is 6.04 Å². The second-order valence-corrected chi connectivity index (χ2v) is 2.25. The summed E-state index contributed by atoms with van der Waals surface area (Å²) in [5.41, 5.74) is 5.11. The van der Waals surface area contributed by atoms with Crippen molar-refractivity contribution in [2.24, 2.45) is 5.73 Å². The van der Waals surface area contributed by atoms with Crippen LogP contribution in [0.2, 0.25) is 0 Å². The monoisotopic (exact) mass is 131 g/mol. The Hall–Kier alpha value is -0.640. The van der Waals surface area contributed by atoms with E-state index in [4.69, 9.17) is 11.1 Å². The number of amidine groups is 1. The van der Waals surface area contributed by atoms with E-state index in [2.05, 4.69) is 5.32 Å². The van der Waals surface area contributed by atoms with E-state index in [1.54, 1.807) is 0 Å². The van der Waals surface area contributed by atoms with E-state index in [-0.39, 0.29) is 11.9 Å². The van der Waals surface area contributed by atoms with Crippen LogP contribution < -0.4 is 11.1 Å². The number of nitrogens with two attached hydrogens (primary N) is 1. The van der Waals surface area contributed by atoms with Gasteiger partial charge in [-0.3, -0.25) is 5.41 Å². The molecule has 0 radical (unpaired) electrons. The van der Waals surface area contributed by atoms with Crippen LogP contribution in [0.5, 0.6) is 0 Å². The molecule has 1 aliphatic heterocycles. The largest absolute Gasteiger partial charge is 0.386 e. The van der Waals surface area contributed by atoms with E-state index < -0.39 is 6.17 Å². The molecule has 4 heteroatoms. The molecule has 0 spiro atoms. The standard InChI is InChI=1S/C5H10FN3/c6-3-1-4(5(7)8)9-2-3/h3-4,9H,1-2H2,(H3,7,8). The lowest BCUT2D eigenvalue weighted by Crippen LogP contribution is -2.35. The van der Waals surface area contributed by atoms with Crippen molar-refractivity contribution in [1.82, 2.24) is 5.32 Å². The third kappa shape index (κ3) is 1.38. The third-order valence-corrected chi connectivity index (χ3v) is 1.45. The molecule has 3 nitrogen and oxygen atoms in total. The average molecular weight is 131 g/mol. The van der Waals surface area contributed by atoms with Gasteiger partial charge in [-0.25, -0.2) is 4.39 Å². The van der Waals surface area contributed by atoms with Crippen LogP contribution in [-0.4, -0.2) is 24.6 Å². The highest BCUT2D eigenvalue weighted by Gasteiger charge is 2.24. The van der Waals surface area contributed by atoms with Gasteiger partial charge in [0.25, 0.3) is 0 Å². The molecule has 0 aromatic carbocycles. The van der Waals surface area contributed by atoms with Crippen molar-refractivity contribution in [3.63, 3.8) is 0 Å². The predicted molar refractivity (Wildman–Crippen MR) is 33.2 cm³/mol. The van der Waals surface area contributed by atoms with Gasteiger partial charge in [0.2, 0.25) is 0 Å². The van der Waals surface area contributed by atoms with Gasteiger partial charge in [-0.05, 0) is 0 Å². The van der Waals surface area contributed by atoms with E-state index in [0.717, 1.165) is 0 Å². The molecule has 0 aliphatic carbocycles. The second kappa shape index (κ2) is 2.31. The Balaban J connectivity index is 2.39. The lowest BCUT2D eigenvalue weighted by atomic mass is 10.2. The van der Waals surface area contributed by atoms with Crippen LogP contribution in [0.3, 0.4) is 0 Å². The maximum absolute atomic E-state index is 12.3. The van der Waals surface area contributed by atoms with Crippen LogP contribution in [0.15, 0.2) is 0 Å². The zero-order valence-corrected chi connectivity index (χ0v) is 5.02. The normalized spacial score (nSPS) is 34.8. The van der Waals surface area contributed by atoms with Gasteiger partial charge in [-0.1, -0.05) is 0 Å². The fraction of sp³-hybridized carbons (Fsp3) is 0.800. The summed E-state index contributed by atoms with van der Waals surface area (Å²) >= 11 is 0. The van der Waals surface area contributed by atoms with Gasteiger partial charge < -0.3 is 11.1 Å². The molecule has 0 aromatic rings. The summed E-state index contributed by atoms with van der Waals surface area (Å²) < 4.78 is 12.3. The summed E-state index contributed by atoms with van der Waals surface area (Å²) in [7, 11) is 0. The Morgan fingerprint density at radius 1 is 1.78 bits per heavy atom. The minimum Gasteiger partial charge on any atom is -0.386 e. The molecule has 1 rings (SSSR count). The molecule has 2 unspecified atom stereocenters. The zero-order valence-electron chi connectivity index (χ0n) is 5.02. The van der Waals surface area contributed by atoms with Crippen LogP contribution in [0.1, 0.15) is 6.42 Å². The number of hydrogen-bond donors (Lipinski definition) is 3. The molecule has 52 valence electrons. The number of halogens is 1. The fourth-order valence-corrected chi connectivity index (χ4v) is 0.929. The topological polar surface area (TPSA) is 61.9 Å². The van der Waals surface area contributed by atoms with Crippen LogP contribution in [0, 0.1) is 5.41 Å². The summed E-state index contributed by atoms with van der Waals surface area (Å²) in [6, 6.07) is -0.222. The first kappa shape index (κ1) is 6.48. The number of nitrogens with one attached hydrogen (secondary N) is 2. The van der Waals surface area contributed by atoms with Crippen LogP contribution in [-0.2, 0) is 0 Å². The summed E-state index contributed by atoms with van der Waals surface area (Å²) in [5.74, 6) is 0.0372. The average Bonchev–Trinajstić information content (AvgIpc) is 2.14. The zero-order chi connectivity index (χ0) is 6.85. The Kier molecular flexibility index (Phi) is 1.66. The van der Waals surface area contributed by atoms with Gasteiger partial charge in [-0.2, -0.15) is 0 Å². The molecule has 1 fully saturated rings. The highest BCUT2D eigenvalue weighted by atomic mass is 19.1. The summed E-state index contributed by atoms with van der Waals surface area (Å²) in [6.07, 6.45) is -0.464. The summed E-state index contributed by atoms with van der Waals surface area (Å²) in [5, 5.41) is 9.71. The number of rotatable bonds is 1. The van der Waals surface area contributed by atoms with Crippen molar-refractivity contribution < 1.29 is 4.39 Å². The molecule has 0 saturated carbocycles. The van der Waals surface area contributed by atoms with Gasteiger partial charge >= 0.3 is 0 Å². The van der Waals surface area contributed by atoms with E-state index in [9.17, 15) is 4.39 Å². The Labute approximate surface area is 52.9 Å². The molecule has 1 aliphatic rings.